The number of carbonyl (C=O) groups excluding carboxylic acids is 1. The highest BCUT2D eigenvalue weighted by atomic mass is 32.2. The van der Waals surface area contributed by atoms with E-state index in [2.05, 4.69) is 4.90 Å². The molecule has 1 aromatic heterocycles. The Morgan fingerprint density at radius 3 is 2.43 bits per heavy atom. The number of benzene rings is 1. The summed E-state index contributed by atoms with van der Waals surface area (Å²) in [6.45, 7) is 1.70. The maximum absolute atomic E-state index is 12.1. The van der Waals surface area contributed by atoms with Gasteiger partial charge >= 0.3 is 0 Å². The molecule has 1 aliphatic heterocycles. The lowest BCUT2D eigenvalue weighted by atomic mass is 10.1. The molecule has 0 amide bonds. The van der Waals surface area contributed by atoms with Crippen molar-refractivity contribution >= 4 is 21.8 Å². The lowest BCUT2D eigenvalue weighted by Gasteiger charge is -2.30. The summed E-state index contributed by atoms with van der Waals surface area (Å²) < 4.78 is 29.6. The van der Waals surface area contributed by atoms with Crippen molar-refractivity contribution in [2.75, 3.05) is 24.2 Å². The van der Waals surface area contributed by atoms with Crippen molar-refractivity contribution < 1.29 is 17.6 Å². The summed E-state index contributed by atoms with van der Waals surface area (Å²) in [6.07, 6.45) is 5.17. The number of hydrogen-bond acceptors (Lipinski definition) is 5. The first-order chi connectivity index (χ1) is 11.0. The van der Waals surface area contributed by atoms with Crippen LogP contribution in [0.5, 0.6) is 0 Å². The topological polar surface area (TPSA) is 67.6 Å². The largest absolute Gasteiger partial charge is 0.453 e. The molecule has 6 heteroatoms. The van der Waals surface area contributed by atoms with Gasteiger partial charge in [-0.25, -0.2) is 8.42 Å². The van der Waals surface area contributed by atoms with E-state index in [-0.39, 0.29) is 5.76 Å². The summed E-state index contributed by atoms with van der Waals surface area (Å²) in [4.78, 5) is 13.2. The lowest BCUT2D eigenvalue weighted by Crippen LogP contribution is -2.30. The molecule has 3 rings (SSSR count). The molecule has 1 saturated heterocycles. The maximum Gasteiger partial charge on any atom is 0.185 e. The minimum Gasteiger partial charge on any atom is -0.453 e. The Morgan fingerprint density at radius 1 is 1.09 bits per heavy atom. The third-order valence-corrected chi connectivity index (χ3v) is 5.23. The molecule has 1 fully saturated rings. The highest BCUT2D eigenvalue weighted by Crippen LogP contribution is 2.33. The van der Waals surface area contributed by atoms with Gasteiger partial charge in [0.15, 0.2) is 21.9 Å². The van der Waals surface area contributed by atoms with Crippen LogP contribution >= 0.6 is 0 Å². The van der Waals surface area contributed by atoms with Gasteiger partial charge < -0.3 is 9.32 Å². The number of hydrogen-bond donors (Lipinski definition) is 0. The Hall–Kier alpha value is -2.08. The quantitative estimate of drug-likeness (QED) is 0.804. The van der Waals surface area contributed by atoms with E-state index in [4.69, 9.17) is 4.42 Å². The Morgan fingerprint density at radius 2 is 1.83 bits per heavy atom. The van der Waals surface area contributed by atoms with Gasteiger partial charge in [0.05, 0.1) is 10.6 Å². The molecule has 0 aliphatic carbocycles. The highest BCUT2D eigenvalue weighted by Gasteiger charge is 2.21. The molecule has 0 bridgehead atoms. The molecule has 0 atom stereocenters. The molecule has 0 N–H and O–H groups in total. The minimum atomic E-state index is -3.31. The maximum atomic E-state index is 12.1. The lowest BCUT2D eigenvalue weighted by molar-refractivity contribution is 0.110. The van der Waals surface area contributed by atoms with Gasteiger partial charge in [-0.1, -0.05) is 0 Å². The zero-order chi connectivity index (χ0) is 16.4. The number of furan rings is 1. The van der Waals surface area contributed by atoms with Crippen LogP contribution in [0.1, 0.15) is 29.8 Å². The average Bonchev–Trinajstić information content (AvgIpc) is 3.03. The van der Waals surface area contributed by atoms with Crippen LogP contribution in [0.2, 0.25) is 0 Å². The predicted octanol–water partition coefficient (Wildman–Crippen LogP) is 3.15. The number of carbonyl (C=O) groups is 1. The van der Waals surface area contributed by atoms with E-state index < -0.39 is 9.84 Å². The normalized spacial score (nSPS) is 15.6. The van der Waals surface area contributed by atoms with E-state index in [0.29, 0.717) is 22.6 Å². The molecule has 2 heterocycles. The third kappa shape index (κ3) is 3.32. The van der Waals surface area contributed by atoms with Crippen LogP contribution < -0.4 is 4.90 Å². The molecule has 23 heavy (non-hydrogen) atoms. The Kier molecular flexibility index (Phi) is 4.26. The number of sulfone groups is 1. The fraction of sp³-hybridized carbons (Fsp3) is 0.353. The van der Waals surface area contributed by atoms with Crippen molar-refractivity contribution in [1.82, 2.24) is 0 Å². The van der Waals surface area contributed by atoms with E-state index in [0.717, 1.165) is 31.5 Å². The van der Waals surface area contributed by atoms with Crippen LogP contribution in [0.3, 0.4) is 0 Å². The van der Waals surface area contributed by atoms with E-state index in [1.807, 2.05) is 6.07 Å². The first-order valence-electron chi connectivity index (χ1n) is 7.63. The number of rotatable bonds is 4. The fourth-order valence-corrected chi connectivity index (χ4v) is 3.82. The number of piperidine rings is 1. The van der Waals surface area contributed by atoms with Crippen molar-refractivity contribution in [3.8, 4) is 11.3 Å². The van der Waals surface area contributed by atoms with Gasteiger partial charge in [-0.15, -0.1) is 0 Å². The smallest absolute Gasteiger partial charge is 0.185 e. The van der Waals surface area contributed by atoms with Gasteiger partial charge in [-0.2, -0.15) is 0 Å². The Bertz CT molecular complexity index is 817. The highest BCUT2D eigenvalue weighted by molar-refractivity contribution is 7.90. The molecular formula is C17H19NO4S. The summed E-state index contributed by atoms with van der Waals surface area (Å²) in [6, 6.07) is 8.51. The second-order valence-corrected chi connectivity index (χ2v) is 7.81. The van der Waals surface area contributed by atoms with Gasteiger partial charge in [-0.05, 0) is 49.6 Å². The third-order valence-electron chi connectivity index (χ3n) is 4.08. The fourth-order valence-electron chi connectivity index (χ4n) is 2.94. The second-order valence-electron chi connectivity index (χ2n) is 5.82. The van der Waals surface area contributed by atoms with E-state index >= 15 is 0 Å². The minimum absolute atomic E-state index is 0.256. The molecule has 5 nitrogen and oxygen atoms in total. The molecule has 122 valence electrons. The van der Waals surface area contributed by atoms with Crippen LogP contribution in [0, 0.1) is 0 Å². The van der Waals surface area contributed by atoms with Crippen LogP contribution in [-0.4, -0.2) is 34.0 Å². The standard InChI is InChI=1S/C17H19NO4S/c1-23(20,21)17-8-5-13(16-7-6-14(12-19)22-16)11-15(17)18-9-3-2-4-10-18/h5-8,11-12H,2-4,9-10H2,1H3. The SMILES string of the molecule is CS(=O)(=O)c1ccc(-c2ccc(C=O)o2)cc1N1CCCCC1. The molecule has 0 unspecified atom stereocenters. The van der Waals surface area contributed by atoms with Crippen LogP contribution in [0.15, 0.2) is 39.6 Å². The molecule has 0 saturated carbocycles. The molecular weight excluding hydrogens is 314 g/mol. The summed E-state index contributed by atoms with van der Waals surface area (Å²) in [5, 5.41) is 0. The first kappa shape index (κ1) is 15.8. The summed E-state index contributed by atoms with van der Waals surface area (Å²) in [5.41, 5.74) is 1.49. The van der Waals surface area contributed by atoms with E-state index in [1.54, 1.807) is 24.3 Å². The molecule has 1 aliphatic rings. The van der Waals surface area contributed by atoms with Gasteiger partial charge in [0.25, 0.3) is 0 Å². The molecule has 0 spiro atoms. The van der Waals surface area contributed by atoms with Crippen molar-refractivity contribution in [2.24, 2.45) is 0 Å². The summed E-state index contributed by atoms with van der Waals surface area (Å²) in [7, 11) is -3.31. The van der Waals surface area contributed by atoms with Gasteiger partial charge in [0.2, 0.25) is 0 Å². The second kappa shape index (κ2) is 6.20. The van der Waals surface area contributed by atoms with E-state index in [9.17, 15) is 13.2 Å². The molecule has 1 aromatic carbocycles. The van der Waals surface area contributed by atoms with E-state index in [1.165, 1.54) is 12.7 Å². The van der Waals surface area contributed by atoms with Gasteiger partial charge in [0, 0.05) is 24.9 Å². The molecule has 2 aromatic rings. The monoisotopic (exact) mass is 333 g/mol. The Labute approximate surface area is 135 Å². The van der Waals surface area contributed by atoms with Crippen LogP contribution in [-0.2, 0) is 9.84 Å². The van der Waals surface area contributed by atoms with Gasteiger partial charge in [-0.3, -0.25) is 4.79 Å². The van der Waals surface area contributed by atoms with Crippen LogP contribution in [0.4, 0.5) is 5.69 Å². The Balaban J connectivity index is 2.08. The first-order valence-corrected chi connectivity index (χ1v) is 9.52. The van der Waals surface area contributed by atoms with Gasteiger partial charge in [0.1, 0.15) is 5.76 Å². The summed E-state index contributed by atoms with van der Waals surface area (Å²) >= 11 is 0. The summed E-state index contributed by atoms with van der Waals surface area (Å²) in [5.74, 6) is 0.817. The number of anilines is 1. The van der Waals surface area contributed by atoms with Crippen molar-refractivity contribution in [3.63, 3.8) is 0 Å². The van der Waals surface area contributed by atoms with Crippen LogP contribution in [0.25, 0.3) is 11.3 Å². The zero-order valence-corrected chi connectivity index (χ0v) is 13.8. The molecule has 0 radical (unpaired) electrons. The van der Waals surface area contributed by atoms with Crippen molar-refractivity contribution in [1.29, 1.82) is 0 Å². The van der Waals surface area contributed by atoms with Crippen molar-refractivity contribution in [2.45, 2.75) is 24.2 Å². The average molecular weight is 333 g/mol. The zero-order valence-electron chi connectivity index (χ0n) is 13.0. The number of nitrogens with zero attached hydrogens (tertiary/aromatic N) is 1. The predicted molar refractivity (Wildman–Crippen MR) is 88.7 cm³/mol. The number of aldehydes is 1. The van der Waals surface area contributed by atoms with Crippen molar-refractivity contribution in [3.05, 3.63) is 36.1 Å².